The smallest absolute Gasteiger partial charge is 0.338 e. The number of likely N-dealkylation sites (tertiary alicyclic amines) is 1. The van der Waals surface area contributed by atoms with Crippen LogP contribution in [0.3, 0.4) is 0 Å². The summed E-state index contributed by atoms with van der Waals surface area (Å²) in [5.41, 5.74) is 0.829. The van der Waals surface area contributed by atoms with Gasteiger partial charge in [0.05, 0.1) is 6.33 Å². The number of imidazole rings is 1. The number of aromatic nitrogens is 3. The number of alkyl halides is 3. The zero-order valence-electron chi connectivity index (χ0n) is 13.6. The second kappa shape index (κ2) is 6.12. The number of fused-ring (bicyclic) bond motifs is 1. The van der Waals surface area contributed by atoms with Crippen LogP contribution in [-0.2, 0) is 17.5 Å². The van der Waals surface area contributed by atoms with Crippen LogP contribution in [0.1, 0.15) is 29.2 Å². The Morgan fingerprint density at radius 3 is 2.73 bits per heavy atom. The Morgan fingerprint density at radius 2 is 2.00 bits per heavy atom. The van der Waals surface area contributed by atoms with Crippen LogP contribution in [0.2, 0.25) is 0 Å². The first-order chi connectivity index (χ1) is 12.4. The van der Waals surface area contributed by atoms with Crippen LogP contribution in [0.15, 0.2) is 42.7 Å². The van der Waals surface area contributed by atoms with Crippen LogP contribution < -0.4 is 0 Å². The van der Waals surface area contributed by atoms with Gasteiger partial charge in [0, 0.05) is 31.0 Å². The summed E-state index contributed by atoms with van der Waals surface area (Å²) in [4.78, 5) is 24.2. The predicted molar refractivity (Wildman–Crippen MR) is 88.1 cm³/mol. The number of hydrogen-bond acceptors (Lipinski definition) is 3. The van der Waals surface area contributed by atoms with Gasteiger partial charge >= 0.3 is 6.18 Å². The Labute approximate surface area is 146 Å². The summed E-state index contributed by atoms with van der Waals surface area (Å²) in [6, 6.07) is 10.6. The van der Waals surface area contributed by atoms with Crippen LogP contribution in [0.4, 0.5) is 13.2 Å². The Balaban J connectivity index is 1.63. The molecule has 1 fully saturated rings. The molecule has 5 nitrogen and oxygen atoms in total. The maximum atomic E-state index is 13.1. The molecule has 8 heteroatoms. The number of nitrogens with zero attached hydrogens (tertiary/aromatic N) is 3. The average molecular weight is 360 g/mol. The summed E-state index contributed by atoms with van der Waals surface area (Å²) in [7, 11) is 0. The molecule has 1 atom stereocenters. The van der Waals surface area contributed by atoms with Crippen molar-refractivity contribution in [3.05, 3.63) is 59.5 Å². The predicted octanol–water partition coefficient (Wildman–Crippen LogP) is 3.49. The lowest BCUT2D eigenvalue weighted by atomic mass is 9.98. The molecule has 26 heavy (non-hydrogen) atoms. The number of halogens is 3. The van der Waals surface area contributed by atoms with Crippen molar-refractivity contribution in [3.8, 4) is 0 Å². The van der Waals surface area contributed by atoms with Crippen LogP contribution in [-0.4, -0.2) is 32.3 Å². The molecule has 1 unspecified atom stereocenters. The van der Waals surface area contributed by atoms with E-state index in [0.29, 0.717) is 24.0 Å². The molecule has 0 radical (unpaired) electrons. The summed E-state index contributed by atoms with van der Waals surface area (Å²) in [6.45, 7) is 0.549. The molecule has 1 N–H and O–H groups in total. The summed E-state index contributed by atoms with van der Waals surface area (Å²) >= 11 is 0. The van der Waals surface area contributed by atoms with Crippen LogP contribution in [0.25, 0.3) is 11.2 Å². The van der Waals surface area contributed by atoms with E-state index in [1.807, 2.05) is 30.3 Å². The SMILES string of the molecule is O=C1CC(c2ccccc2)CN1Cc1cc(C(F)(F)F)nc2[nH]cnc12. The van der Waals surface area contributed by atoms with Gasteiger partial charge in [-0.2, -0.15) is 13.2 Å². The molecular weight excluding hydrogens is 345 g/mol. The van der Waals surface area contributed by atoms with Crippen molar-refractivity contribution in [2.45, 2.75) is 25.1 Å². The lowest BCUT2D eigenvalue weighted by molar-refractivity contribution is -0.141. The van der Waals surface area contributed by atoms with E-state index >= 15 is 0 Å². The number of hydrogen-bond donors (Lipinski definition) is 1. The van der Waals surface area contributed by atoms with E-state index < -0.39 is 11.9 Å². The molecule has 0 bridgehead atoms. The summed E-state index contributed by atoms with van der Waals surface area (Å²) in [6.07, 6.45) is -2.90. The molecule has 2 aromatic heterocycles. The third-order valence-corrected chi connectivity index (χ3v) is 4.60. The van der Waals surface area contributed by atoms with E-state index in [1.165, 1.54) is 6.33 Å². The minimum atomic E-state index is -4.56. The molecule has 1 saturated heterocycles. The number of carbonyl (C=O) groups excluding carboxylic acids is 1. The van der Waals surface area contributed by atoms with E-state index in [-0.39, 0.29) is 24.0 Å². The largest absolute Gasteiger partial charge is 0.433 e. The van der Waals surface area contributed by atoms with Crippen molar-refractivity contribution in [1.29, 1.82) is 0 Å². The Kier molecular flexibility index (Phi) is 3.90. The quantitative estimate of drug-likeness (QED) is 0.778. The molecular formula is C18H15F3N4O. The number of nitrogens with one attached hydrogen (secondary N) is 1. The zero-order valence-corrected chi connectivity index (χ0v) is 13.6. The molecule has 0 spiro atoms. The van der Waals surface area contributed by atoms with Gasteiger partial charge in [-0.25, -0.2) is 9.97 Å². The number of aromatic amines is 1. The van der Waals surface area contributed by atoms with Gasteiger partial charge in [0.25, 0.3) is 0 Å². The summed E-state index contributed by atoms with van der Waals surface area (Å²) in [5.74, 6) is -0.0322. The Bertz CT molecular complexity index is 952. The summed E-state index contributed by atoms with van der Waals surface area (Å²) < 4.78 is 39.3. The highest BCUT2D eigenvalue weighted by Crippen LogP contribution is 2.33. The van der Waals surface area contributed by atoms with E-state index in [2.05, 4.69) is 15.0 Å². The third-order valence-electron chi connectivity index (χ3n) is 4.60. The molecule has 3 heterocycles. The second-order valence-electron chi connectivity index (χ2n) is 6.35. The highest BCUT2D eigenvalue weighted by atomic mass is 19.4. The Hall–Kier alpha value is -2.90. The summed E-state index contributed by atoms with van der Waals surface area (Å²) in [5, 5.41) is 0. The van der Waals surface area contributed by atoms with Crippen molar-refractivity contribution < 1.29 is 18.0 Å². The lowest BCUT2D eigenvalue weighted by Crippen LogP contribution is -2.25. The molecule has 4 rings (SSSR count). The van der Waals surface area contributed by atoms with E-state index in [4.69, 9.17) is 0 Å². The molecule has 0 saturated carbocycles. The van der Waals surface area contributed by atoms with Gasteiger partial charge in [-0.3, -0.25) is 4.79 Å². The number of H-pyrrole nitrogens is 1. The minimum Gasteiger partial charge on any atom is -0.338 e. The first kappa shape index (κ1) is 16.6. The number of rotatable bonds is 3. The standard InChI is InChI=1S/C18H15F3N4O/c19-18(20,21)14-6-13(16-17(24-14)23-10-22-16)9-25-8-12(7-15(25)26)11-4-2-1-3-5-11/h1-6,10,12H,7-9H2,(H,22,23,24). The number of carbonyl (C=O) groups is 1. The topological polar surface area (TPSA) is 61.9 Å². The molecule has 1 amide bonds. The maximum absolute atomic E-state index is 13.1. The highest BCUT2D eigenvalue weighted by molar-refractivity contribution is 5.81. The van der Waals surface area contributed by atoms with Gasteiger partial charge in [0.15, 0.2) is 5.65 Å². The molecule has 1 aliphatic rings. The lowest BCUT2D eigenvalue weighted by Gasteiger charge is -2.18. The number of pyridine rings is 1. The van der Waals surface area contributed by atoms with Gasteiger partial charge in [-0.15, -0.1) is 0 Å². The van der Waals surface area contributed by atoms with Crippen LogP contribution >= 0.6 is 0 Å². The monoisotopic (exact) mass is 360 g/mol. The van der Waals surface area contributed by atoms with E-state index in [1.54, 1.807) is 4.90 Å². The molecule has 134 valence electrons. The molecule has 0 aliphatic carbocycles. The fourth-order valence-corrected chi connectivity index (χ4v) is 3.34. The fraction of sp³-hybridized carbons (Fsp3) is 0.278. The van der Waals surface area contributed by atoms with Crippen molar-refractivity contribution in [2.75, 3.05) is 6.54 Å². The Morgan fingerprint density at radius 1 is 1.23 bits per heavy atom. The van der Waals surface area contributed by atoms with Gasteiger partial charge in [-0.1, -0.05) is 30.3 Å². The van der Waals surface area contributed by atoms with Gasteiger partial charge in [0.2, 0.25) is 5.91 Å². The highest BCUT2D eigenvalue weighted by Gasteiger charge is 2.35. The van der Waals surface area contributed by atoms with E-state index in [9.17, 15) is 18.0 Å². The van der Waals surface area contributed by atoms with Crippen molar-refractivity contribution in [2.24, 2.45) is 0 Å². The second-order valence-corrected chi connectivity index (χ2v) is 6.35. The maximum Gasteiger partial charge on any atom is 0.433 e. The normalized spacial score (nSPS) is 18.0. The minimum absolute atomic E-state index is 0.0438. The fourth-order valence-electron chi connectivity index (χ4n) is 3.34. The molecule has 1 aromatic carbocycles. The average Bonchev–Trinajstić information content (AvgIpc) is 3.22. The number of amides is 1. The number of benzene rings is 1. The van der Waals surface area contributed by atoms with Gasteiger partial charge < -0.3 is 9.88 Å². The van der Waals surface area contributed by atoms with E-state index in [0.717, 1.165) is 11.6 Å². The first-order valence-electron chi connectivity index (χ1n) is 8.15. The van der Waals surface area contributed by atoms with Crippen molar-refractivity contribution >= 4 is 17.1 Å². The van der Waals surface area contributed by atoms with Gasteiger partial charge in [0.1, 0.15) is 11.2 Å². The van der Waals surface area contributed by atoms with Crippen molar-refractivity contribution in [1.82, 2.24) is 19.9 Å². The van der Waals surface area contributed by atoms with Gasteiger partial charge in [-0.05, 0) is 11.6 Å². The zero-order chi connectivity index (χ0) is 18.3. The molecule has 1 aliphatic heterocycles. The molecule has 3 aromatic rings. The van der Waals surface area contributed by atoms with Crippen molar-refractivity contribution in [3.63, 3.8) is 0 Å². The third kappa shape index (κ3) is 3.02. The van der Waals surface area contributed by atoms with Crippen LogP contribution in [0.5, 0.6) is 0 Å². The first-order valence-corrected chi connectivity index (χ1v) is 8.15. The van der Waals surface area contributed by atoms with Crippen LogP contribution in [0, 0.1) is 0 Å².